The number of nitrogens with zero attached hydrogens (tertiary/aromatic N) is 2. The van der Waals surface area contributed by atoms with Gasteiger partial charge in [-0.15, -0.1) is 0 Å². The second kappa shape index (κ2) is 7.46. The standard InChI is InChI=1S/C14H23Br2ClN2/c1-5-19-12(13(17)11(4)18-19)7-14(8-15,9-16)6-10(2)3/h10H,5-9H2,1-4H3. The Labute approximate surface area is 138 Å². The first kappa shape index (κ1) is 17.5. The van der Waals surface area contributed by atoms with Crippen LogP contribution >= 0.6 is 43.5 Å². The normalized spacial score (nSPS) is 12.4. The average molecular weight is 415 g/mol. The molecule has 0 N–H and O–H groups in total. The predicted molar refractivity (Wildman–Crippen MR) is 90.8 cm³/mol. The third-order valence-corrected chi connectivity index (χ3v) is 6.27. The Balaban J connectivity index is 3.09. The Hall–Kier alpha value is 0.460. The van der Waals surface area contributed by atoms with Crippen LogP contribution in [-0.4, -0.2) is 20.4 Å². The molecule has 0 saturated carbocycles. The van der Waals surface area contributed by atoms with Crippen LogP contribution in [0.15, 0.2) is 0 Å². The van der Waals surface area contributed by atoms with E-state index in [1.54, 1.807) is 0 Å². The summed E-state index contributed by atoms with van der Waals surface area (Å²) in [5.74, 6) is 0.660. The van der Waals surface area contributed by atoms with Gasteiger partial charge in [-0.25, -0.2) is 0 Å². The molecule has 1 aromatic rings. The maximum atomic E-state index is 6.44. The third kappa shape index (κ3) is 4.21. The number of aromatic nitrogens is 2. The smallest absolute Gasteiger partial charge is 0.0847 e. The van der Waals surface area contributed by atoms with Gasteiger partial charge in [-0.05, 0) is 38.0 Å². The molecule has 1 aromatic heterocycles. The van der Waals surface area contributed by atoms with Gasteiger partial charge in [0.1, 0.15) is 0 Å². The van der Waals surface area contributed by atoms with Crippen molar-refractivity contribution in [1.29, 1.82) is 0 Å². The van der Waals surface area contributed by atoms with Crippen molar-refractivity contribution >= 4 is 43.5 Å². The summed E-state index contributed by atoms with van der Waals surface area (Å²) in [6.07, 6.45) is 2.11. The van der Waals surface area contributed by atoms with Gasteiger partial charge >= 0.3 is 0 Å². The highest BCUT2D eigenvalue weighted by Gasteiger charge is 2.32. The van der Waals surface area contributed by atoms with Gasteiger partial charge in [0, 0.05) is 17.2 Å². The summed E-state index contributed by atoms with van der Waals surface area (Å²) in [7, 11) is 0. The summed E-state index contributed by atoms with van der Waals surface area (Å²) in [5.41, 5.74) is 2.29. The molecule has 1 heterocycles. The third-order valence-electron chi connectivity index (χ3n) is 3.40. The van der Waals surface area contributed by atoms with Crippen molar-refractivity contribution in [3.63, 3.8) is 0 Å². The minimum Gasteiger partial charge on any atom is -0.268 e. The SMILES string of the molecule is CCn1nc(C)c(Cl)c1CC(CBr)(CBr)CC(C)C. The van der Waals surface area contributed by atoms with Crippen molar-refractivity contribution in [3.8, 4) is 0 Å². The lowest BCUT2D eigenvalue weighted by Crippen LogP contribution is -2.30. The molecule has 2 nitrogen and oxygen atoms in total. The van der Waals surface area contributed by atoms with Crippen LogP contribution in [0.5, 0.6) is 0 Å². The summed E-state index contributed by atoms with van der Waals surface area (Å²) >= 11 is 13.8. The molecule has 0 spiro atoms. The van der Waals surface area contributed by atoms with Gasteiger partial charge in [-0.3, -0.25) is 4.68 Å². The summed E-state index contributed by atoms with van der Waals surface area (Å²) in [4.78, 5) is 0. The van der Waals surface area contributed by atoms with E-state index in [4.69, 9.17) is 11.6 Å². The van der Waals surface area contributed by atoms with Crippen molar-refractivity contribution in [1.82, 2.24) is 9.78 Å². The summed E-state index contributed by atoms with van der Waals surface area (Å²) in [6, 6.07) is 0. The van der Waals surface area contributed by atoms with E-state index < -0.39 is 0 Å². The van der Waals surface area contributed by atoms with Gasteiger partial charge in [-0.1, -0.05) is 57.3 Å². The fourth-order valence-corrected chi connectivity index (χ4v) is 4.56. The molecule has 110 valence electrons. The fraction of sp³-hybridized carbons (Fsp3) is 0.786. The van der Waals surface area contributed by atoms with Crippen molar-refractivity contribution < 1.29 is 0 Å². The van der Waals surface area contributed by atoms with Crippen LogP contribution < -0.4 is 0 Å². The number of aryl methyl sites for hydroxylation is 2. The van der Waals surface area contributed by atoms with E-state index in [-0.39, 0.29) is 5.41 Å². The molecule has 0 aromatic carbocycles. The number of hydrogen-bond acceptors (Lipinski definition) is 1. The molecule has 0 atom stereocenters. The molecule has 19 heavy (non-hydrogen) atoms. The van der Waals surface area contributed by atoms with Crippen LogP contribution in [-0.2, 0) is 13.0 Å². The van der Waals surface area contributed by atoms with E-state index >= 15 is 0 Å². The van der Waals surface area contributed by atoms with E-state index in [9.17, 15) is 0 Å². The zero-order valence-corrected chi connectivity index (χ0v) is 16.1. The molecule has 1 rings (SSSR count). The lowest BCUT2D eigenvalue weighted by atomic mass is 9.80. The highest BCUT2D eigenvalue weighted by molar-refractivity contribution is 9.09. The molecule has 5 heteroatoms. The van der Waals surface area contributed by atoms with Crippen LogP contribution in [0.3, 0.4) is 0 Å². The highest BCUT2D eigenvalue weighted by Crippen LogP contribution is 2.37. The fourth-order valence-electron chi connectivity index (χ4n) is 2.57. The van der Waals surface area contributed by atoms with E-state index in [0.717, 1.165) is 40.8 Å². The largest absolute Gasteiger partial charge is 0.268 e. The van der Waals surface area contributed by atoms with Crippen molar-refractivity contribution in [2.45, 2.75) is 47.1 Å². The first-order valence-corrected chi connectivity index (χ1v) is 9.35. The van der Waals surface area contributed by atoms with Crippen LogP contribution in [0.4, 0.5) is 0 Å². The maximum Gasteiger partial charge on any atom is 0.0847 e. The van der Waals surface area contributed by atoms with Gasteiger partial charge in [0.2, 0.25) is 0 Å². The summed E-state index contributed by atoms with van der Waals surface area (Å²) in [6.45, 7) is 9.49. The lowest BCUT2D eigenvalue weighted by molar-refractivity contribution is 0.297. The Bertz CT molecular complexity index is 412. The molecule has 0 unspecified atom stereocenters. The lowest BCUT2D eigenvalue weighted by Gasteiger charge is -2.32. The number of alkyl halides is 2. The summed E-state index contributed by atoms with van der Waals surface area (Å²) < 4.78 is 2.04. The zero-order chi connectivity index (χ0) is 14.6. The number of halogens is 3. The molecule has 0 amide bonds. The van der Waals surface area contributed by atoms with Crippen molar-refractivity contribution in [3.05, 3.63) is 16.4 Å². The van der Waals surface area contributed by atoms with E-state index in [1.807, 2.05) is 11.6 Å². The minimum absolute atomic E-state index is 0.192. The molecule has 0 aliphatic carbocycles. The second-order valence-electron chi connectivity index (χ2n) is 5.70. The van der Waals surface area contributed by atoms with Gasteiger partial charge in [0.15, 0.2) is 0 Å². The van der Waals surface area contributed by atoms with Gasteiger partial charge in [0.05, 0.1) is 16.4 Å². The first-order valence-electron chi connectivity index (χ1n) is 6.72. The van der Waals surface area contributed by atoms with Gasteiger partial charge in [-0.2, -0.15) is 5.10 Å². The molecular weight excluding hydrogens is 391 g/mol. The monoisotopic (exact) mass is 412 g/mol. The first-order chi connectivity index (χ1) is 8.89. The van der Waals surface area contributed by atoms with Crippen LogP contribution in [0.1, 0.15) is 38.6 Å². The molecular formula is C14H23Br2ClN2. The quantitative estimate of drug-likeness (QED) is 0.559. The zero-order valence-electron chi connectivity index (χ0n) is 12.1. The molecule has 0 fully saturated rings. The summed E-state index contributed by atoms with van der Waals surface area (Å²) in [5, 5.41) is 7.28. The highest BCUT2D eigenvalue weighted by atomic mass is 79.9. The van der Waals surface area contributed by atoms with E-state index in [2.05, 4.69) is 57.7 Å². The number of rotatable bonds is 7. The Morgan fingerprint density at radius 3 is 2.32 bits per heavy atom. The molecule has 0 aliphatic heterocycles. The second-order valence-corrected chi connectivity index (χ2v) is 7.20. The topological polar surface area (TPSA) is 17.8 Å². The maximum absolute atomic E-state index is 6.44. The van der Waals surface area contributed by atoms with Crippen LogP contribution in [0.25, 0.3) is 0 Å². The Morgan fingerprint density at radius 2 is 1.89 bits per heavy atom. The predicted octanol–water partition coefficient (Wildman–Crippen LogP) is 5.23. The molecule has 0 aliphatic rings. The van der Waals surface area contributed by atoms with Crippen LogP contribution in [0, 0.1) is 18.3 Å². The molecule has 0 radical (unpaired) electrons. The van der Waals surface area contributed by atoms with E-state index in [1.165, 1.54) is 5.69 Å². The molecule has 0 bridgehead atoms. The Kier molecular flexibility index (Phi) is 6.88. The number of hydrogen-bond donors (Lipinski definition) is 0. The van der Waals surface area contributed by atoms with Crippen LogP contribution in [0.2, 0.25) is 5.02 Å². The van der Waals surface area contributed by atoms with Crippen molar-refractivity contribution in [2.24, 2.45) is 11.3 Å². The van der Waals surface area contributed by atoms with Gasteiger partial charge < -0.3 is 0 Å². The average Bonchev–Trinajstić information content (AvgIpc) is 2.64. The Morgan fingerprint density at radius 1 is 1.32 bits per heavy atom. The van der Waals surface area contributed by atoms with Gasteiger partial charge in [0.25, 0.3) is 0 Å². The molecule has 0 saturated heterocycles. The van der Waals surface area contributed by atoms with E-state index in [0.29, 0.717) is 5.92 Å². The van der Waals surface area contributed by atoms with Crippen molar-refractivity contribution in [2.75, 3.05) is 10.7 Å². The minimum atomic E-state index is 0.192.